The van der Waals surface area contributed by atoms with E-state index >= 15 is 0 Å². The van der Waals surface area contributed by atoms with E-state index in [1.165, 1.54) is 25.3 Å². The van der Waals surface area contributed by atoms with Crippen LogP contribution in [0.2, 0.25) is 0 Å². The third kappa shape index (κ3) is 13.9. The van der Waals surface area contributed by atoms with Gasteiger partial charge in [-0.05, 0) is 97.8 Å². The Morgan fingerprint density at radius 2 is 1.26 bits per heavy atom. The molecule has 30 heteroatoms. The van der Waals surface area contributed by atoms with E-state index in [0.717, 1.165) is 12.1 Å². The van der Waals surface area contributed by atoms with Crippen molar-refractivity contribution in [2.75, 3.05) is 63.9 Å². The lowest BCUT2D eigenvalue weighted by atomic mass is 9.75. The summed E-state index contributed by atoms with van der Waals surface area (Å²) < 4.78 is 197. The molecule has 0 radical (unpaired) electrons. The number of fused-ring (bicyclic) bond motifs is 6. The molecule has 1 atom stereocenters. The number of allylic oxidation sites excluding steroid dienone is 8. The van der Waals surface area contributed by atoms with Crippen molar-refractivity contribution >= 4 is 107 Å². The Balaban J connectivity index is 1.21. The first kappa shape index (κ1) is 62.5. The smallest absolute Gasteiger partial charge is 0.335 e. The molecule has 7 rings (SSSR count). The molecule has 3 N–H and O–H groups in total. The van der Waals surface area contributed by atoms with Gasteiger partial charge in [-0.2, -0.15) is 29.8 Å². The van der Waals surface area contributed by atoms with Crippen LogP contribution in [0.25, 0.3) is 21.5 Å². The molecule has 3 heterocycles. The lowest BCUT2D eigenvalue weighted by Crippen LogP contribution is -2.32. The molecule has 1 unspecified atom stereocenters. The molecule has 4 aromatic carbocycles. The molecule has 81 heavy (non-hydrogen) atoms. The molecular weight excluding hydrogens is 1170 g/mol. The van der Waals surface area contributed by atoms with Crippen molar-refractivity contribution in [3.63, 3.8) is 0 Å². The highest BCUT2D eigenvalue weighted by Gasteiger charge is 2.47. The number of anilines is 1. The third-order valence-electron chi connectivity index (χ3n) is 13.8. The Morgan fingerprint density at radius 3 is 1.85 bits per heavy atom. The highest BCUT2D eigenvalue weighted by atomic mass is 32.2. The standard InChI is InChI=1S/C51H57N3O22S5/c1-50(2)43(52(22-25-75-27-26-74-23-19-47(57)76-54-45(55)17-18-46(54)56)39-15-13-35-37(48(39)50)29-33(78(61,62)63)31-41(35)80(67,68)69)11-8-6-5-7-9-12-44-51(3,20-10-28-77(58,59)60)49-38-30-34(79(64,65)66)32-42(81(70,71)72)36(38)14-16-40(49)53(44)21-24-73-4/h5-9,11-16,29-32H,10,17-28H2,1-4H3,(H4-,58,59,60,61,62,63,64,65,66,67,68,69,70,71,72)/p-1. The summed E-state index contributed by atoms with van der Waals surface area (Å²) in [7, 11) is -23.8. The zero-order chi connectivity index (χ0) is 59.7. The zero-order valence-electron chi connectivity index (χ0n) is 43.8. The van der Waals surface area contributed by atoms with Crippen LogP contribution < -0.4 is 4.90 Å². The van der Waals surface area contributed by atoms with E-state index < -0.39 is 105 Å². The number of carbonyl (C=O) groups is 3. The van der Waals surface area contributed by atoms with Gasteiger partial charge in [-0.25, -0.2) is 21.6 Å². The van der Waals surface area contributed by atoms with E-state index in [-0.39, 0.29) is 105 Å². The number of carbonyl (C=O) groups excluding carboxylic acids is 3. The fourth-order valence-corrected chi connectivity index (χ4v) is 13.5. The van der Waals surface area contributed by atoms with Gasteiger partial charge in [-0.15, -0.1) is 5.06 Å². The van der Waals surface area contributed by atoms with Crippen LogP contribution in [-0.2, 0) is 94.9 Å². The average Bonchev–Trinajstić information content (AvgIpc) is 3.68. The van der Waals surface area contributed by atoms with Gasteiger partial charge in [-0.3, -0.25) is 23.2 Å². The minimum atomic E-state index is -5.35. The average molecular weight is 1220 g/mol. The van der Waals surface area contributed by atoms with Gasteiger partial charge in [0, 0.05) is 72.1 Å². The summed E-state index contributed by atoms with van der Waals surface area (Å²) in [5.41, 5.74) is 0.282. The Bertz CT molecular complexity index is 3970. The van der Waals surface area contributed by atoms with Gasteiger partial charge in [0.15, 0.2) is 12.3 Å². The van der Waals surface area contributed by atoms with Gasteiger partial charge in [0.1, 0.15) is 21.6 Å². The lowest BCUT2D eigenvalue weighted by molar-refractivity contribution is -0.442. The maximum atomic E-state index is 12.6. The molecule has 438 valence electrons. The molecule has 0 aromatic heterocycles. The van der Waals surface area contributed by atoms with Crippen LogP contribution in [-0.4, -0.2) is 157 Å². The maximum absolute atomic E-state index is 12.6. The largest absolute Gasteiger partial charge is 0.748 e. The van der Waals surface area contributed by atoms with Crippen molar-refractivity contribution in [1.82, 2.24) is 5.06 Å². The second-order valence-corrected chi connectivity index (χ2v) is 26.6. The fraction of sp³-hybridized carbons (Fsp3) is 0.373. The Hall–Kier alpha value is -6.13. The highest BCUT2D eigenvalue weighted by molar-refractivity contribution is 7.87. The van der Waals surface area contributed by atoms with Crippen LogP contribution in [0.1, 0.15) is 64.0 Å². The van der Waals surface area contributed by atoms with Gasteiger partial charge < -0.3 is 33.1 Å². The summed E-state index contributed by atoms with van der Waals surface area (Å²) in [6.45, 7) is 5.67. The first-order valence-electron chi connectivity index (χ1n) is 24.6. The first-order chi connectivity index (χ1) is 37.7. The number of rotatable bonds is 25. The summed E-state index contributed by atoms with van der Waals surface area (Å²) in [6.07, 6.45) is 10.9. The van der Waals surface area contributed by atoms with Crippen molar-refractivity contribution in [2.45, 2.75) is 83.3 Å². The molecule has 1 saturated heterocycles. The number of methoxy groups -OCH3 is 1. The van der Waals surface area contributed by atoms with Gasteiger partial charge in [0.05, 0.1) is 63.1 Å². The predicted octanol–water partition coefficient (Wildman–Crippen LogP) is 4.35. The normalized spacial score (nSPS) is 18.6. The Labute approximate surface area is 467 Å². The number of ether oxygens (including phenoxy) is 3. The van der Waals surface area contributed by atoms with Crippen LogP contribution in [0.5, 0.6) is 0 Å². The van der Waals surface area contributed by atoms with E-state index in [1.807, 2.05) is 4.58 Å². The summed E-state index contributed by atoms with van der Waals surface area (Å²) in [5, 5.41) is 0.259. The molecule has 4 aromatic rings. The molecule has 2 amide bonds. The molecule has 0 saturated carbocycles. The second-order valence-electron chi connectivity index (χ2n) is 19.5. The monoisotopic (exact) mass is 1220 g/mol. The number of benzene rings is 4. The molecule has 25 nitrogen and oxygen atoms in total. The van der Waals surface area contributed by atoms with Crippen LogP contribution in [0.3, 0.4) is 0 Å². The Morgan fingerprint density at radius 1 is 0.691 bits per heavy atom. The van der Waals surface area contributed by atoms with E-state index in [4.69, 9.17) is 19.0 Å². The van der Waals surface area contributed by atoms with Crippen molar-refractivity contribution in [3.8, 4) is 0 Å². The number of amides is 2. The van der Waals surface area contributed by atoms with E-state index in [2.05, 4.69) is 0 Å². The topological polar surface area (TPSA) is 375 Å². The van der Waals surface area contributed by atoms with Crippen molar-refractivity contribution in [1.29, 1.82) is 0 Å². The number of hydrogen-bond donors (Lipinski definition) is 3. The minimum Gasteiger partial charge on any atom is -0.748 e. The number of imide groups is 1. The van der Waals surface area contributed by atoms with E-state index in [9.17, 15) is 79.2 Å². The van der Waals surface area contributed by atoms with Gasteiger partial charge in [0.25, 0.3) is 42.2 Å². The minimum absolute atomic E-state index is 0.0254. The molecule has 3 aliphatic heterocycles. The van der Waals surface area contributed by atoms with E-state index in [1.54, 1.807) is 74.3 Å². The lowest BCUT2D eigenvalue weighted by Gasteiger charge is -2.31. The van der Waals surface area contributed by atoms with Crippen LogP contribution in [0.15, 0.2) is 116 Å². The summed E-state index contributed by atoms with van der Waals surface area (Å²) in [6, 6.07) is 9.13. The molecule has 0 aliphatic carbocycles. The van der Waals surface area contributed by atoms with Crippen LogP contribution in [0, 0.1) is 0 Å². The first-order valence-corrected chi connectivity index (χ1v) is 31.9. The molecule has 0 spiro atoms. The SMILES string of the molecule is COCCN1C(=CC=CC=CC=CC2=[N+](CCOCCOCCC(=O)ON3C(=O)CCC3=O)c3ccc4c(S(=O)(=O)O)cc(S(=O)(=O)O)cc4c3C2(C)C)C(C)(CCCS(=O)(=O)[O-])c2c1ccc1c(S(=O)(=O)[O-])cc(S(=O)(=O)O)cc21. The molecule has 3 aliphatic rings. The van der Waals surface area contributed by atoms with Crippen molar-refractivity contribution in [3.05, 3.63) is 108 Å². The summed E-state index contributed by atoms with van der Waals surface area (Å²) in [5.74, 6) is -2.88. The molecular formula is C51H56N3O22S5-. The van der Waals surface area contributed by atoms with Gasteiger partial charge >= 0.3 is 5.97 Å². The number of hydroxylamine groups is 2. The van der Waals surface area contributed by atoms with Crippen molar-refractivity contribution in [2.24, 2.45) is 0 Å². The van der Waals surface area contributed by atoms with Gasteiger partial charge in [0.2, 0.25) is 5.69 Å². The summed E-state index contributed by atoms with van der Waals surface area (Å²) >= 11 is 0. The summed E-state index contributed by atoms with van der Waals surface area (Å²) in [4.78, 5) is 38.9. The quantitative estimate of drug-likeness (QED) is 0.0273. The third-order valence-corrected chi connectivity index (χ3v) is 18.0. The van der Waals surface area contributed by atoms with Crippen LogP contribution >= 0.6 is 0 Å². The zero-order valence-corrected chi connectivity index (χ0v) is 47.9. The van der Waals surface area contributed by atoms with Crippen LogP contribution in [0.4, 0.5) is 11.4 Å². The predicted molar refractivity (Wildman–Crippen MR) is 287 cm³/mol. The van der Waals surface area contributed by atoms with Crippen molar-refractivity contribution < 1.29 is 103 Å². The highest BCUT2D eigenvalue weighted by Crippen LogP contribution is 2.54. The second kappa shape index (κ2) is 24.0. The van der Waals surface area contributed by atoms with Gasteiger partial charge in [-0.1, -0.05) is 36.4 Å². The number of hydrogen-bond acceptors (Lipinski definition) is 20. The molecule has 0 bridgehead atoms. The fourth-order valence-electron chi connectivity index (χ4n) is 10.3. The number of nitrogens with zero attached hydrogens (tertiary/aromatic N) is 3. The van der Waals surface area contributed by atoms with E-state index in [0.29, 0.717) is 45.5 Å². The molecule has 1 fully saturated rings. The maximum Gasteiger partial charge on any atom is 0.335 e. The Kier molecular flexibility index (Phi) is 18.5.